The standard InChI is InChI=1S/C23H15BrFNO2/c24-21-13-17(12-19(14-26)23(27)18-4-2-1-3-5-18)8-11-22(21)28-15-16-6-9-20(25)10-7-16/h1-13H,15H2/b19-12+. The van der Waals surface area contributed by atoms with Crippen LogP contribution in [0.2, 0.25) is 0 Å². The molecule has 0 amide bonds. The van der Waals surface area contributed by atoms with E-state index < -0.39 is 0 Å². The van der Waals surface area contributed by atoms with E-state index in [0.717, 1.165) is 5.56 Å². The highest BCUT2D eigenvalue weighted by Crippen LogP contribution is 2.28. The Hall–Kier alpha value is -3.23. The lowest BCUT2D eigenvalue weighted by molar-refractivity contribution is 0.104. The van der Waals surface area contributed by atoms with Gasteiger partial charge in [0, 0.05) is 5.56 Å². The number of nitriles is 1. The summed E-state index contributed by atoms with van der Waals surface area (Å²) in [7, 11) is 0. The van der Waals surface area contributed by atoms with Crippen molar-refractivity contribution in [1.29, 1.82) is 5.26 Å². The minimum atomic E-state index is -0.323. The number of hydrogen-bond acceptors (Lipinski definition) is 3. The van der Waals surface area contributed by atoms with Crippen LogP contribution in [0, 0.1) is 17.1 Å². The number of benzene rings is 3. The summed E-state index contributed by atoms with van der Waals surface area (Å²) in [4.78, 5) is 12.5. The molecular formula is C23H15BrFNO2. The minimum Gasteiger partial charge on any atom is -0.488 e. The number of hydrogen-bond donors (Lipinski definition) is 0. The molecular weight excluding hydrogens is 421 g/mol. The average Bonchev–Trinajstić information content (AvgIpc) is 2.72. The molecule has 0 saturated heterocycles. The first-order valence-electron chi connectivity index (χ1n) is 8.45. The fraction of sp³-hybridized carbons (Fsp3) is 0.0435. The number of rotatable bonds is 6. The number of Topliss-reactive ketones (excluding diaryl/α,β-unsaturated/α-hetero) is 1. The Kier molecular flexibility index (Phi) is 6.36. The fourth-order valence-corrected chi connectivity index (χ4v) is 3.04. The summed E-state index contributed by atoms with van der Waals surface area (Å²) in [5.41, 5.74) is 2.06. The zero-order valence-electron chi connectivity index (χ0n) is 14.7. The number of ether oxygens (including phenoxy) is 1. The van der Waals surface area contributed by atoms with Gasteiger partial charge >= 0.3 is 0 Å². The van der Waals surface area contributed by atoms with Gasteiger partial charge in [-0.1, -0.05) is 48.5 Å². The van der Waals surface area contributed by atoms with E-state index in [1.807, 2.05) is 12.1 Å². The maximum Gasteiger partial charge on any atom is 0.203 e. The van der Waals surface area contributed by atoms with E-state index in [4.69, 9.17) is 4.74 Å². The zero-order valence-corrected chi connectivity index (χ0v) is 16.3. The van der Waals surface area contributed by atoms with E-state index in [0.29, 0.717) is 28.0 Å². The van der Waals surface area contributed by atoms with E-state index >= 15 is 0 Å². The molecule has 0 aliphatic rings. The monoisotopic (exact) mass is 435 g/mol. The lowest BCUT2D eigenvalue weighted by Gasteiger charge is -2.09. The van der Waals surface area contributed by atoms with E-state index in [2.05, 4.69) is 15.9 Å². The van der Waals surface area contributed by atoms with Gasteiger partial charge in [-0.05, 0) is 57.4 Å². The Bertz CT molecular complexity index is 1050. The van der Waals surface area contributed by atoms with Crippen molar-refractivity contribution >= 4 is 27.8 Å². The SMILES string of the molecule is N#C/C(=C\c1ccc(OCc2ccc(F)cc2)c(Br)c1)C(=O)c1ccccc1. The Morgan fingerprint density at radius 1 is 1.07 bits per heavy atom. The second-order valence-electron chi connectivity index (χ2n) is 5.97. The number of carbonyl (C=O) groups is 1. The Labute approximate surface area is 170 Å². The first-order chi connectivity index (χ1) is 13.6. The van der Waals surface area contributed by atoms with Crippen molar-refractivity contribution in [3.8, 4) is 11.8 Å². The van der Waals surface area contributed by atoms with Gasteiger partial charge < -0.3 is 4.74 Å². The summed E-state index contributed by atoms with van der Waals surface area (Å²) in [6.07, 6.45) is 1.55. The van der Waals surface area contributed by atoms with Crippen LogP contribution < -0.4 is 4.74 Å². The van der Waals surface area contributed by atoms with Gasteiger partial charge in [0.1, 0.15) is 29.8 Å². The summed E-state index contributed by atoms with van der Waals surface area (Å²) >= 11 is 3.44. The molecule has 0 fully saturated rings. The zero-order chi connectivity index (χ0) is 19.9. The van der Waals surface area contributed by atoms with Crippen LogP contribution in [0.3, 0.4) is 0 Å². The summed E-state index contributed by atoms with van der Waals surface area (Å²) in [6.45, 7) is 0.296. The van der Waals surface area contributed by atoms with E-state index in [-0.39, 0.29) is 17.2 Å². The summed E-state index contributed by atoms with van der Waals surface area (Å²) in [5, 5.41) is 9.37. The quantitative estimate of drug-likeness (QED) is 0.272. The van der Waals surface area contributed by atoms with Crippen LogP contribution in [0.15, 0.2) is 82.8 Å². The molecule has 0 N–H and O–H groups in total. The number of halogens is 2. The molecule has 3 nitrogen and oxygen atoms in total. The molecule has 138 valence electrons. The molecule has 0 aliphatic carbocycles. The smallest absolute Gasteiger partial charge is 0.203 e. The molecule has 0 saturated carbocycles. The van der Waals surface area contributed by atoms with Gasteiger partial charge in [0.15, 0.2) is 0 Å². The molecule has 0 heterocycles. The van der Waals surface area contributed by atoms with Crippen molar-refractivity contribution in [1.82, 2.24) is 0 Å². The molecule has 5 heteroatoms. The van der Waals surface area contributed by atoms with Gasteiger partial charge in [0.2, 0.25) is 5.78 Å². The van der Waals surface area contributed by atoms with Crippen LogP contribution >= 0.6 is 15.9 Å². The van der Waals surface area contributed by atoms with E-state index in [1.54, 1.807) is 60.7 Å². The van der Waals surface area contributed by atoms with Gasteiger partial charge in [0.25, 0.3) is 0 Å². The van der Waals surface area contributed by atoms with Crippen molar-refractivity contribution < 1.29 is 13.9 Å². The number of ketones is 1. The predicted molar refractivity (Wildman–Crippen MR) is 109 cm³/mol. The molecule has 0 unspecified atom stereocenters. The van der Waals surface area contributed by atoms with Gasteiger partial charge in [-0.3, -0.25) is 4.79 Å². The Morgan fingerprint density at radius 2 is 1.79 bits per heavy atom. The Morgan fingerprint density at radius 3 is 2.43 bits per heavy atom. The van der Waals surface area contributed by atoms with Gasteiger partial charge in [-0.25, -0.2) is 4.39 Å². The lowest BCUT2D eigenvalue weighted by Crippen LogP contribution is -2.01. The topological polar surface area (TPSA) is 50.1 Å². The van der Waals surface area contributed by atoms with Crippen molar-refractivity contribution in [3.63, 3.8) is 0 Å². The van der Waals surface area contributed by atoms with Gasteiger partial charge in [-0.2, -0.15) is 5.26 Å². The number of nitrogens with zero attached hydrogens (tertiary/aromatic N) is 1. The second-order valence-corrected chi connectivity index (χ2v) is 6.82. The third-order valence-electron chi connectivity index (χ3n) is 3.98. The molecule has 28 heavy (non-hydrogen) atoms. The molecule has 0 bridgehead atoms. The molecule has 3 rings (SSSR count). The van der Waals surface area contributed by atoms with E-state index in [1.165, 1.54) is 12.1 Å². The maximum atomic E-state index is 13.0. The molecule has 0 spiro atoms. The predicted octanol–water partition coefficient (Wildman–Crippen LogP) is 5.96. The van der Waals surface area contributed by atoms with Crippen molar-refractivity contribution in [2.24, 2.45) is 0 Å². The largest absolute Gasteiger partial charge is 0.488 e. The highest BCUT2D eigenvalue weighted by molar-refractivity contribution is 9.10. The normalized spacial score (nSPS) is 11.0. The van der Waals surface area contributed by atoms with Crippen LogP contribution in [0.1, 0.15) is 21.5 Å². The second kappa shape index (κ2) is 9.12. The van der Waals surface area contributed by atoms with Gasteiger partial charge in [0.05, 0.1) is 4.47 Å². The highest BCUT2D eigenvalue weighted by Gasteiger charge is 2.12. The number of carbonyl (C=O) groups excluding carboxylic acids is 1. The Balaban J connectivity index is 1.75. The van der Waals surface area contributed by atoms with Crippen LogP contribution in [-0.2, 0) is 6.61 Å². The molecule has 0 aromatic heterocycles. The summed E-state index contributed by atoms with van der Waals surface area (Å²) in [6, 6.07) is 22.0. The van der Waals surface area contributed by atoms with Crippen LogP contribution in [0.4, 0.5) is 4.39 Å². The minimum absolute atomic E-state index is 0.0538. The van der Waals surface area contributed by atoms with E-state index in [9.17, 15) is 14.4 Å². The molecule has 0 radical (unpaired) electrons. The molecule has 0 atom stereocenters. The third kappa shape index (κ3) is 4.93. The highest BCUT2D eigenvalue weighted by atomic mass is 79.9. The summed E-state index contributed by atoms with van der Waals surface area (Å²) in [5.74, 6) is -0.00959. The average molecular weight is 436 g/mol. The maximum absolute atomic E-state index is 13.0. The van der Waals surface area contributed by atoms with Crippen molar-refractivity contribution in [3.05, 3.63) is 105 Å². The van der Waals surface area contributed by atoms with Crippen LogP contribution in [0.25, 0.3) is 6.08 Å². The van der Waals surface area contributed by atoms with Crippen molar-refractivity contribution in [2.75, 3.05) is 0 Å². The molecule has 3 aromatic rings. The molecule has 0 aliphatic heterocycles. The number of allylic oxidation sites excluding steroid dienone is 1. The van der Waals surface area contributed by atoms with Crippen LogP contribution in [-0.4, -0.2) is 5.78 Å². The molecule has 3 aromatic carbocycles. The first-order valence-corrected chi connectivity index (χ1v) is 9.24. The lowest BCUT2D eigenvalue weighted by atomic mass is 10.0. The summed E-state index contributed by atoms with van der Waals surface area (Å²) < 4.78 is 19.4. The van der Waals surface area contributed by atoms with Crippen LogP contribution in [0.5, 0.6) is 5.75 Å². The first kappa shape index (κ1) is 19.5. The van der Waals surface area contributed by atoms with Gasteiger partial charge in [-0.15, -0.1) is 0 Å². The fourth-order valence-electron chi connectivity index (χ4n) is 2.53. The van der Waals surface area contributed by atoms with Crippen molar-refractivity contribution in [2.45, 2.75) is 6.61 Å². The third-order valence-corrected chi connectivity index (χ3v) is 4.60.